The lowest BCUT2D eigenvalue weighted by molar-refractivity contribution is 0.301. The van der Waals surface area contributed by atoms with Crippen LogP contribution in [-0.2, 0) is 15.4 Å². The molecule has 0 atom stereocenters. The summed E-state index contributed by atoms with van der Waals surface area (Å²) in [6.07, 6.45) is 3.49. The van der Waals surface area contributed by atoms with E-state index in [9.17, 15) is 8.42 Å². The molecule has 0 aliphatic carbocycles. The SMILES string of the molecule is CCCCOc1ccc(S(=O)(=O)n2ccc(C)n2)cc1C(C)(C)C. The quantitative estimate of drug-likeness (QED) is 0.741. The third kappa shape index (κ3) is 3.98. The van der Waals surface area contributed by atoms with E-state index in [1.165, 1.54) is 6.20 Å². The number of ether oxygens (including phenoxy) is 1. The third-order valence-electron chi connectivity index (χ3n) is 3.76. The van der Waals surface area contributed by atoms with Gasteiger partial charge in [-0.05, 0) is 43.0 Å². The average Bonchev–Trinajstić information content (AvgIpc) is 2.94. The van der Waals surface area contributed by atoms with Crippen LogP contribution in [0.15, 0.2) is 35.4 Å². The maximum Gasteiger partial charge on any atom is 0.282 e. The number of benzene rings is 1. The molecule has 0 amide bonds. The van der Waals surface area contributed by atoms with Gasteiger partial charge in [0.25, 0.3) is 10.0 Å². The highest BCUT2D eigenvalue weighted by Crippen LogP contribution is 2.34. The van der Waals surface area contributed by atoms with Crippen LogP contribution in [0.3, 0.4) is 0 Å². The normalized spacial score (nSPS) is 12.4. The van der Waals surface area contributed by atoms with Crippen molar-refractivity contribution >= 4 is 10.0 Å². The first-order valence-corrected chi connectivity index (χ1v) is 9.65. The molecule has 132 valence electrons. The van der Waals surface area contributed by atoms with Crippen molar-refractivity contribution in [3.8, 4) is 5.75 Å². The molecule has 2 rings (SSSR count). The Kier molecular flexibility index (Phi) is 5.38. The monoisotopic (exact) mass is 350 g/mol. The molecule has 5 nitrogen and oxygen atoms in total. The van der Waals surface area contributed by atoms with Gasteiger partial charge in [0.15, 0.2) is 0 Å². The Morgan fingerprint density at radius 1 is 1.21 bits per heavy atom. The van der Waals surface area contributed by atoms with Crippen LogP contribution < -0.4 is 4.74 Å². The maximum atomic E-state index is 12.8. The number of rotatable bonds is 6. The Balaban J connectivity index is 2.46. The largest absolute Gasteiger partial charge is 0.493 e. The highest BCUT2D eigenvalue weighted by molar-refractivity contribution is 7.89. The second-order valence-corrected chi connectivity index (χ2v) is 8.74. The smallest absolute Gasteiger partial charge is 0.282 e. The van der Waals surface area contributed by atoms with E-state index in [2.05, 4.69) is 12.0 Å². The number of hydrogen-bond donors (Lipinski definition) is 0. The van der Waals surface area contributed by atoms with Gasteiger partial charge in [0.1, 0.15) is 5.75 Å². The van der Waals surface area contributed by atoms with E-state index in [1.807, 2.05) is 20.8 Å². The lowest BCUT2D eigenvalue weighted by Crippen LogP contribution is -2.18. The molecule has 0 spiro atoms. The topological polar surface area (TPSA) is 61.2 Å². The number of aromatic nitrogens is 2. The van der Waals surface area contributed by atoms with Gasteiger partial charge in [0.2, 0.25) is 0 Å². The Bertz CT molecular complexity index is 802. The van der Waals surface area contributed by atoms with Crippen LogP contribution in [0, 0.1) is 6.92 Å². The van der Waals surface area contributed by atoms with Crippen LogP contribution in [0.2, 0.25) is 0 Å². The first-order chi connectivity index (χ1) is 11.2. The predicted molar refractivity (Wildman–Crippen MR) is 95.1 cm³/mol. The first kappa shape index (κ1) is 18.5. The summed E-state index contributed by atoms with van der Waals surface area (Å²) in [6, 6.07) is 6.71. The number of nitrogens with zero attached hydrogens (tertiary/aromatic N) is 2. The van der Waals surface area contributed by atoms with E-state index in [1.54, 1.807) is 31.2 Å². The van der Waals surface area contributed by atoms with Gasteiger partial charge in [-0.15, -0.1) is 0 Å². The average molecular weight is 350 g/mol. The summed E-state index contributed by atoms with van der Waals surface area (Å²) in [4.78, 5) is 0.221. The van der Waals surface area contributed by atoms with Gasteiger partial charge in [0, 0.05) is 11.8 Å². The minimum absolute atomic E-state index is 0.221. The summed E-state index contributed by atoms with van der Waals surface area (Å²) >= 11 is 0. The minimum Gasteiger partial charge on any atom is -0.493 e. The van der Waals surface area contributed by atoms with Crippen LogP contribution in [0.5, 0.6) is 5.75 Å². The van der Waals surface area contributed by atoms with Crippen molar-refractivity contribution < 1.29 is 13.2 Å². The summed E-state index contributed by atoms with van der Waals surface area (Å²) in [5.74, 6) is 0.742. The van der Waals surface area contributed by atoms with Crippen LogP contribution in [0.4, 0.5) is 0 Å². The molecule has 0 N–H and O–H groups in total. The van der Waals surface area contributed by atoms with Gasteiger partial charge in [-0.25, -0.2) is 0 Å². The zero-order valence-corrected chi connectivity index (χ0v) is 15.9. The van der Waals surface area contributed by atoms with Crippen molar-refractivity contribution in [3.05, 3.63) is 41.7 Å². The van der Waals surface area contributed by atoms with E-state index >= 15 is 0 Å². The fourth-order valence-corrected chi connectivity index (χ4v) is 3.52. The molecule has 0 aliphatic heterocycles. The molecule has 0 saturated carbocycles. The molecule has 0 saturated heterocycles. The maximum absolute atomic E-state index is 12.8. The van der Waals surface area contributed by atoms with Crippen molar-refractivity contribution in [2.24, 2.45) is 0 Å². The Hall–Kier alpha value is -1.82. The molecule has 1 aromatic carbocycles. The van der Waals surface area contributed by atoms with E-state index < -0.39 is 10.0 Å². The zero-order valence-electron chi connectivity index (χ0n) is 15.0. The number of aryl methyl sites for hydroxylation is 1. The molecule has 2 aromatic rings. The van der Waals surface area contributed by atoms with Crippen LogP contribution in [0.25, 0.3) is 0 Å². The number of hydrogen-bond acceptors (Lipinski definition) is 4. The summed E-state index contributed by atoms with van der Waals surface area (Å²) in [5, 5.41) is 4.03. The number of unbranched alkanes of at least 4 members (excludes halogenated alkanes) is 1. The predicted octanol–water partition coefficient (Wildman–Crippen LogP) is 3.90. The van der Waals surface area contributed by atoms with Crippen molar-refractivity contribution in [1.29, 1.82) is 0 Å². The summed E-state index contributed by atoms with van der Waals surface area (Å²) in [5.41, 5.74) is 1.31. The fourth-order valence-electron chi connectivity index (χ4n) is 2.34. The van der Waals surface area contributed by atoms with Gasteiger partial charge in [-0.1, -0.05) is 34.1 Å². The van der Waals surface area contributed by atoms with E-state index in [4.69, 9.17) is 4.74 Å². The van der Waals surface area contributed by atoms with E-state index in [-0.39, 0.29) is 10.3 Å². The molecule has 24 heavy (non-hydrogen) atoms. The third-order valence-corrected chi connectivity index (χ3v) is 5.30. The lowest BCUT2D eigenvalue weighted by atomic mass is 9.86. The van der Waals surface area contributed by atoms with Crippen LogP contribution in [0.1, 0.15) is 51.8 Å². The molecule has 1 aromatic heterocycles. The summed E-state index contributed by atoms with van der Waals surface area (Å²) in [7, 11) is -3.69. The molecular formula is C18H26N2O3S. The lowest BCUT2D eigenvalue weighted by Gasteiger charge is -2.23. The van der Waals surface area contributed by atoms with Gasteiger partial charge in [-0.2, -0.15) is 17.6 Å². The Morgan fingerprint density at radius 3 is 2.46 bits per heavy atom. The van der Waals surface area contributed by atoms with Crippen molar-refractivity contribution in [3.63, 3.8) is 0 Å². The minimum atomic E-state index is -3.69. The molecule has 6 heteroatoms. The van der Waals surface area contributed by atoms with Gasteiger partial charge in [-0.3, -0.25) is 0 Å². The first-order valence-electron chi connectivity index (χ1n) is 8.21. The van der Waals surface area contributed by atoms with Crippen molar-refractivity contribution in [2.45, 2.75) is 57.8 Å². The highest BCUT2D eigenvalue weighted by atomic mass is 32.2. The van der Waals surface area contributed by atoms with Crippen molar-refractivity contribution in [2.75, 3.05) is 6.61 Å². The zero-order chi connectivity index (χ0) is 18.0. The second kappa shape index (κ2) is 6.97. The fraction of sp³-hybridized carbons (Fsp3) is 0.500. The van der Waals surface area contributed by atoms with Gasteiger partial charge in [0.05, 0.1) is 17.2 Å². The molecule has 1 heterocycles. The molecule has 0 aliphatic rings. The second-order valence-electron chi connectivity index (χ2n) is 6.94. The molecule has 0 fully saturated rings. The summed E-state index contributed by atoms with van der Waals surface area (Å²) < 4.78 is 32.4. The molecule has 0 radical (unpaired) electrons. The molecule has 0 unspecified atom stereocenters. The van der Waals surface area contributed by atoms with E-state index in [0.29, 0.717) is 12.3 Å². The van der Waals surface area contributed by atoms with Crippen molar-refractivity contribution in [1.82, 2.24) is 9.19 Å². The Morgan fingerprint density at radius 2 is 1.92 bits per heavy atom. The highest BCUT2D eigenvalue weighted by Gasteiger charge is 2.24. The molecule has 0 bridgehead atoms. The van der Waals surface area contributed by atoms with Gasteiger partial charge < -0.3 is 4.74 Å². The van der Waals surface area contributed by atoms with E-state index in [0.717, 1.165) is 28.2 Å². The molecular weight excluding hydrogens is 324 g/mol. The van der Waals surface area contributed by atoms with Crippen LogP contribution in [-0.4, -0.2) is 24.2 Å². The van der Waals surface area contributed by atoms with Crippen LogP contribution >= 0.6 is 0 Å². The summed E-state index contributed by atoms with van der Waals surface area (Å²) in [6.45, 7) is 10.6. The Labute approximate surface area is 144 Å². The standard InChI is InChI=1S/C18H26N2O3S/c1-6-7-12-23-17-9-8-15(13-16(17)18(3,4)5)24(21,22)20-11-10-14(2)19-20/h8-11,13H,6-7,12H2,1-5H3. The van der Waals surface area contributed by atoms with Gasteiger partial charge >= 0.3 is 0 Å².